The fourth-order valence-corrected chi connectivity index (χ4v) is 3.09. The summed E-state index contributed by atoms with van der Waals surface area (Å²) in [5.74, 6) is -2.16. The van der Waals surface area contributed by atoms with Crippen LogP contribution in [-0.4, -0.2) is 26.8 Å². The van der Waals surface area contributed by atoms with Gasteiger partial charge in [0.05, 0.1) is 17.4 Å². The zero-order valence-electron chi connectivity index (χ0n) is 14.9. The summed E-state index contributed by atoms with van der Waals surface area (Å²) in [6.45, 7) is 0.931. The van der Waals surface area contributed by atoms with E-state index in [1.165, 1.54) is 31.1 Å². The predicted molar refractivity (Wildman–Crippen MR) is 103 cm³/mol. The van der Waals surface area contributed by atoms with Gasteiger partial charge in [0.25, 0.3) is 0 Å². The van der Waals surface area contributed by atoms with Crippen molar-refractivity contribution in [2.45, 2.75) is 19.4 Å². The summed E-state index contributed by atoms with van der Waals surface area (Å²) in [7, 11) is 0. The molecule has 2 aromatic carbocycles. The topological polar surface area (TPSA) is 84.2 Å². The van der Waals surface area contributed by atoms with E-state index in [0.29, 0.717) is 0 Å². The van der Waals surface area contributed by atoms with Crippen molar-refractivity contribution in [1.82, 2.24) is 9.78 Å². The lowest BCUT2D eigenvalue weighted by Crippen LogP contribution is -2.13. The van der Waals surface area contributed by atoms with Gasteiger partial charge in [-0.2, -0.15) is 5.10 Å². The van der Waals surface area contributed by atoms with E-state index in [4.69, 9.17) is 5.11 Å². The van der Waals surface area contributed by atoms with Crippen LogP contribution in [0.5, 0.6) is 0 Å². The van der Waals surface area contributed by atoms with Gasteiger partial charge in [-0.25, -0.2) is 9.18 Å². The highest BCUT2D eigenvalue weighted by molar-refractivity contribution is 6.06. The van der Waals surface area contributed by atoms with Crippen LogP contribution in [0.15, 0.2) is 48.7 Å². The molecule has 0 aliphatic heterocycles. The highest BCUT2D eigenvalue weighted by Gasteiger charge is 2.22. The number of halogens is 1. The molecule has 1 heterocycles. The molecule has 0 bridgehead atoms. The molecule has 7 heteroatoms. The zero-order valence-corrected chi connectivity index (χ0v) is 14.9. The van der Waals surface area contributed by atoms with E-state index < -0.39 is 23.3 Å². The summed E-state index contributed by atoms with van der Waals surface area (Å²) in [5, 5.41) is 16.9. The fraction of sp³-hybridized carbons (Fsp3) is 0.190. The molecule has 3 aromatic rings. The van der Waals surface area contributed by atoms with E-state index in [9.17, 15) is 14.0 Å². The van der Waals surface area contributed by atoms with Crippen LogP contribution < -0.4 is 5.32 Å². The summed E-state index contributed by atoms with van der Waals surface area (Å²) in [5.41, 5.74) is 1.22. The Labute approximate surface area is 160 Å². The molecule has 1 aromatic heterocycles. The number of hydrogen-bond donors (Lipinski definition) is 2. The summed E-state index contributed by atoms with van der Waals surface area (Å²) in [6.07, 6.45) is 7.22. The molecule has 1 amide bonds. The smallest absolute Gasteiger partial charge is 0.340 e. The van der Waals surface area contributed by atoms with Gasteiger partial charge >= 0.3 is 5.97 Å². The average Bonchev–Trinajstić information content (AvgIpc) is 3.39. The standard InChI is InChI=1S/C21H18FN3O3/c22-16-2-1-3-17(20(16)21(27)28)24-19(26)9-7-13-6-8-18-15(10-13)11-23-25(18)12-14-4-5-14/h1-3,6-11,14H,4-5,12H2,(H,24,26)(H,27,28)/b9-7+. The van der Waals surface area contributed by atoms with Crippen molar-refractivity contribution in [3.8, 4) is 0 Å². The third-order valence-corrected chi connectivity index (χ3v) is 4.71. The van der Waals surface area contributed by atoms with Crippen molar-refractivity contribution in [3.63, 3.8) is 0 Å². The summed E-state index contributed by atoms with van der Waals surface area (Å²) in [4.78, 5) is 23.3. The van der Waals surface area contributed by atoms with Gasteiger partial charge in [0.15, 0.2) is 0 Å². The monoisotopic (exact) mass is 379 g/mol. The minimum absolute atomic E-state index is 0.0843. The summed E-state index contributed by atoms with van der Waals surface area (Å²) >= 11 is 0. The van der Waals surface area contributed by atoms with Crippen LogP contribution in [0.4, 0.5) is 10.1 Å². The van der Waals surface area contributed by atoms with Crippen LogP contribution in [0.2, 0.25) is 0 Å². The number of benzene rings is 2. The van der Waals surface area contributed by atoms with Gasteiger partial charge in [0.2, 0.25) is 5.91 Å². The number of nitrogens with zero attached hydrogens (tertiary/aromatic N) is 2. The second-order valence-corrected chi connectivity index (χ2v) is 6.88. The predicted octanol–water partition coefficient (Wildman–Crippen LogP) is 3.94. The maximum atomic E-state index is 13.7. The van der Waals surface area contributed by atoms with Crippen LogP contribution in [0.1, 0.15) is 28.8 Å². The van der Waals surface area contributed by atoms with Gasteiger partial charge in [-0.15, -0.1) is 0 Å². The number of fused-ring (bicyclic) bond motifs is 1. The molecule has 6 nitrogen and oxygen atoms in total. The van der Waals surface area contributed by atoms with E-state index in [1.54, 1.807) is 12.3 Å². The molecule has 0 unspecified atom stereocenters. The molecule has 28 heavy (non-hydrogen) atoms. The molecule has 4 rings (SSSR count). The lowest BCUT2D eigenvalue weighted by Gasteiger charge is -2.07. The number of amides is 1. The number of carboxylic acid groups (broad SMARTS) is 1. The normalized spacial score (nSPS) is 13.9. The molecule has 142 valence electrons. The summed E-state index contributed by atoms with van der Waals surface area (Å²) in [6, 6.07) is 9.51. The van der Waals surface area contributed by atoms with Crippen molar-refractivity contribution in [2.75, 3.05) is 5.32 Å². The second-order valence-electron chi connectivity index (χ2n) is 6.88. The number of aromatic carboxylic acids is 1. The highest BCUT2D eigenvalue weighted by Crippen LogP contribution is 2.31. The zero-order chi connectivity index (χ0) is 19.7. The molecule has 1 aliphatic rings. The van der Waals surface area contributed by atoms with E-state index in [2.05, 4.69) is 10.4 Å². The number of carboxylic acids is 1. The van der Waals surface area contributed by atoms with Crippen molar-refractivity contribution < 1.29 is 19.1 Å². The lowest BCUT2D eigenvalue weighted by molar-refractivity contribution is -0.111. The minimum atomic E-state index is -1.44. The van der Waals surface area contributed by atoms with Gasteiger partial charge < -0.3 is 10.4 Å². The quantitative estimate of drug-likeness (QED) is 0.636. The Hall–Kier alpha value is -3.48. The second kappa shape index (κ2) is 7.26. The first-order chi connectivity index (χ1) is 13.5. The molecule has 1 saturated carbocycles. The van der Waals surface area contributed by atoms with Gasteiger partial charge in [-0.1, -0.05) is 12.1 Å². The summed E-state index contributed by atoms with van der Waals surface area (Å²) < 4.78 is 15.7. The lowest BCUT2D eigenvalue weighted by atomic mass is 10.1. The molecule has 0 radical (unpaired) electrons. The Balaban J connectivity index is 1.49. The molecule has 1 aliphatic carbocycles. The molecule has 0 atom stereocenters. The first-order valence-electron chi connectivity index (χ1n) is 8.98. The molecule has 0 saturated heterocycles. The number of carbonyl (C=O) groups is 2. The Kier molecular flexibility index (Phi) is 4.65. The highest BCUT2D eigenvalue weighted by atomic mass is 19.1. The Bertz CT molecular complexity index is 1100. The van der Waals surface area contributed by atoms with Crippen molar-refractivity contribution in [1.29, 1.82) is 0 Å². The number of nitrogens with one attached hydrogen (secondary N) is 1. The molecule has 2 N–H and O–H groups in total. The number of hydrogen-bond acceptors (Lipinski definition) is 3. The van der Waals surface area contributed by atoms with Crippen molar-refractivity contribution >= 4 is 34.5 Å². The van der Waals surface area contributed by atoms with Crippen LogP contribution in [0.3, 0.4) is 0 Å². The third-order valence-electron chi connectivity index (χ3n) is 4.71. The number of aromatic nitrogens is 2. The number of anilines is 1. The Morgan fingerprint density at radius 2 is 2.11 bits per heavy atom. The van der Waals surface area contributed by atoms with E-state index in [-0.39, 0.29) is 5.69 Å². The van der Waals surface area contributed by atoms with Crippen LogP contribution in [-0.2, 0) is 11.3 Å². The first kappa shape index (κ1) is 17.9. The van der Waals surface area contributed by atoms with E-state index in [0.717, 1.165) is 35.0 Å². The maximum absolute atomic E-state index is 13.7. The molecular formula is C21H18FN3O3. The number of carbonyl (C=O) groups excluding carboxylic acids is 1. The molecule has 1 fully saturated rings. The Morgan fingerprint density at radius 1 is 1.29 bits per heavy atom. The third kappa shape index (κ3) is 3.78. The fourth-order valence-electron chi connectivity index (χ4n) is 3.09. The van der Waals surface area contributed by atoms with Crippen LogP contribution in [0, 0.1) is 11.7 Å². The Morgan fingerprint density at radius 3 is 2.86 bits per heavy atom. The van der Waals surface area contributed by atoms with Crippen molar-refractivity contribution in [3.05, 3.63) is 65.6 Å². The molecule has 0 spiro atoms. The first-order valence-corrected chi connectivity index (χ1v) is 8.98. The van der Waals surface area contributed by atoms with Crippen molar-refractivity contribution in [2.24, 2.45) is 5.92 Å². The van der Waals surface area contributed by atoms with Gasteiger partial charge in [-0.05, 0) is 54.7 Å². The largest absolute Gasteiger partial charge is 0.478 e. The van der Waals surface area contributed by atoms with E-state index in [1.807, 2.05) is 22.9 Å². The van der Waals surface area contributed by atoms with Gasteiger partial charge in [-0.3, -0.25) is 9.48 Å². The maximum Gasteiger partial charge on any atom is 0.340 e. The van der Waals surface area contributed by atoms with E-state index >= 15 is 0 Å². The number of rotatable bonds is 6. The molecular weight excluding hydrogens is 361 g/mol. The van der Waals surface area contributed by atoms with Crippen LogP contribution in [0.25, 0.3) is 17.0 Å². The van der Waals surface area contributed by atoms with Crippen LogP contribution >= 0.6 is 0 Å². The van der Waals surface area contributed by atoms with Gasteiger partial charge in [0, 0.05) is 18.0 Å². The SMILES string of the molecule is O=C(/C=C/c1ccc2c(cnn2CC2CC2)c1)Nc1cccc(F)c1C(=O)O. The average molecular weight is 379 g/mol. The minimum Gasteiger partial charge on any atom is -0.478 e. The van der Waals surface area contributed by atoms with Gasteiger partial charge in [0.1, 0.15) is 11.4 Å².